The van der Waals surface area contributed by atoms with Gasteiger partial charge in [-0.05, 0) is 17.7 Å². The van der Waals surface area contributed by atoms with Crippen molar-refractivity contribution in [1.29, 1.82) is 0 Å². The first-order valence-corrected chi connectivity index (χ1v) is 10.7. The van der Waals surface area contributed by atoms with E-state index in [1.165, 1.54) is 16.9 Å². The molecule has 0 aliphatic carbocycles. The fraction of sp³-hybridized carbons (Fsp3) is 0.217. The van der Waals surface area contributed by atoms with Gasteiger partial charge in [-0.15, -0.1) is 11.3 Å². The van der Waals surface area contributed by atoms with Crippen LogP contribution in [-0.2, 0) is 6.54 Å². The number of carbonyl (C=O) groups is 1. The van der Waals surface area contributed by atoms with Crippen molar-refractivity contribution in [3.8, 4) is 10.7 Å². The topological polar surface area (TPSA) is 52.2 Å². The van der Waals surface area contributed by atoms with Gasteiger partial charge >= 0.3 is 0 Å². The van der Waals surface area contributed by atoms with Gasteiger partial charge < -0.3 is 9.88 Å². The lowest BCUT2D eigenvalue weighted by Crippen LogP contribution is -2.48. The first-order chi connectivity index (χ1) is 14.3. The molecule has 29 heavy (non-hydrogen) atoms. The van der Waals surface area contributed by atoms with Crippen LogP contribution in [0.4, 0.5) is 0 Å². The quantitative estimate of drug-likeness (QED) is 0.555. The Morgan fingerprint density at radius 1 is 1.00 bits per heavy atom. The molecule has 1 fully saturated rings. The van der Waals surface area contributed by atoms with Gasteiger partial charge in [0.15, 0.2) is 0 Å². The van der Waals surface area contributed by atoms with Gasteiger partial charge in [-0.3, -0.25) is 9.69 Å². The van der Waals surface area contributed by atoms with Crippen LogP contribution in [-0.4, -0.2) is 51.9 Å². The summed E-state index contributed by atoms with van der Waals surface area (Å²) in [5, 5.41) is 3.88. The van der Waals surface area contributed by atoms with Gasteiger partial charge in [0.1, 0.15) is 10.7 Å². The molecule has 4 aromatic rings. The highest BCUT2D eigenvalue weighted by Crippen LogP contribution is 2.27. The third-order valence-electron chi connectivity index (χ3n) is 5.39. The number of para-hydroxylation sites is 1. The Balaban J connectivity index is 1.24. The van der Waals surface area contributed by atoms with E-state index in [0.717, 1.165) is 54.3 Å². The number of aromatic amines is 1. The molecule has 0 spiro atoms. The fourth-order valence-corrected chi connectivity index (χ4v) is 4.56. The Kier molecular flexibility index (Phi) is 4.87. The van der Waals surface area contributed by atoms with Crippen LogP contribution in [0.25, 0.3) is 21.6 Å². The number of hydrogen-bond acceptors (Lipinski definition) is 4. The molecule has 0 saturated carbocycles. The molecule has 1 saturated heterocycles. The number of thiazole rings is 1. The molecule has 146 valence electrons. The predicted octanol–water partition coefficient (Wildman–Crippen LogP) is 4.25. The van der Waals surface area contributed by atoms with Crippen LogP contribution < -0.4 is 0 Å². The van der Waals surface area contributed by atoms with Crippen LogP contribution in [0.1, 0.15) is 16.1 Å². The summed E-state index contributed by atoms with van der Waals surface area (Å²) in [5.74, 6) is 0.0305. The first kappa shape index (κ1) is 18.1. The van der Waals surface area contributed by atoms with E-state index in [0.29, 0.717) is 5.69 Å². The Hall–Kier alpha value is -2.96. The van der Waals surface area contributed by atoms with Crippen molar-refractivity contribution in [2.45, 2.75) is 6.54 Å². The van der Waals surface area contributed by atoms with Gasteiger partial charge in [-0.1, -0.05) is 48.5 Å². The zero-order valence-corrected chi connectivity index (χ0v) is 16.9. The summed E-state index contributed by atoms with van der Waals surface area (Å²) in [5.41, 5.74) is 3.90. The number of rotatable bonds is 4. The highest BCUT2D eigenvalue weighted by atomic mass is 32.1. The summed E-state index contributed by atoms with van der Waals surface area (Å²) in [6, 6.07) is 20.7. The van der Waals surface area contributed by atoms with Crippen molar-refractivity contribution in [3.63, 3.8) is 0 Å². The lowest BCUT2D eigenvalue weighted by Gasteiger charge is -2.34. The molecule has 1 amide bonds. The molecule has 0 atom stereocenters. The highest BCUT2D eigenvalue weighted by molar-refractivity contribution is 7.13. The molecule has 0 bridgehead atoms. The van der Waals surface area contributed by atoms with E-state index in [1.807, 2.05) is 34.5 Å². The number of carbonyl (C=O) groups excluding carboxylic acids is 1. The number of amides is 1. The Morgan fingerprint density at radius 2 is 1.76 bits per heavy atom. The maximum Gasteiger partial charge on any atom is 0.273 e. The lowest BCUT2D eigenvalue weighted by atomic mass is 10.2. The van der Waals surface area contributed by atoms with Crippen molar-refractivity contribution in [2.75, 3.05) is 26.2 Å². The van der Waals surface area contributed by atoms with Gasteiger partial charge in [0, 0.05) is 49.0 Å². The zero-order valence-electron chi connectivity index (χ0n) is 16.0. The Bertz CT molecular complexity index is 1090. The average molecular weight is 403 g/mol. The van der Waals surface area contributed by atoms with E-state index in [-0.39, 0.29) is 5.91 Å². The van der Waals surface area contributed by atoms with E-state index >= 15 is 0 Å². The summed E-state index contributed by atoms with van der Waals surface area (Å²) in [4.78, 5) is 25.3. The van der Waals surface area contributed by atoms with E-state index in [4.69, 9.17) is 0 Å². The molecular formula is C23H22N4OS. The molecule has 1 aliphatic rings. The maximum absolute atomic E-state index is 12.9. The summed E-state index contributed by atoms with van der Waals surface area (Å²) in [6.45, 7) is 4.19. The van der Waals surface area contributed by atoms with Crippen LogP contribution in [0.2, 0.25) is 0 Å². The van der Waals surface area contributed by atoms with Crippen molar-refractivity contribution in [1.82, 2.24) is 19.8 Å². The van der Waals surface area contributed by atoms with Gasteiger partial charge in [-0.2, -0.15) is 0 Å². The standard InChI is InChI=1S/C23H22N4OS/c28-23(27-12-10-26(11-13-27)15-17-6-2-1-3-7-17)21-16-29-22(25-21)20-14-18-8-4-5-9-19(18)24-20/h1-9,14,16,24H,10-13,15H2. The second kappa shape index (κ2) is 7.81. The highest BCUT2D eigenvalue weighted by Gasteiger charge is 2.24. The first-order valence-electron chi connectivity index (χ1n) is 9.85. The third kappa shape index (κ3) is 3.81. The molecule has 2 aromatic carbocycles. The Labute approximate surface area is 173 Å². The van der Waals surface area contributed by atoms with Gasteiger partial charge in [0.2, 0.25) is 0 Å². The van der Waals surface area contributed by atoms with Crippen LogP contribution in [0.5, 0.6) is 0 Å². The van der Waals surface area contributed by atoms with E-state index in [2.05, 4.69) is 51.3 Å². The number of nitrogens with one attached hydrogen (secondary N) is 1. The molecule has 0 unspecified atom stereocenters. The number of hydrogen-bond donors (Lipinski definition) is 1. The van der Waals surface area contributed by atoms with Crippen molar-refractivity contribution >= 4 is 28.1 Å². The molecule has 3 heterocycles. The van der Waals surface area contributed by atoms with Crippen LogP contribution in [0.3, 0.4) is 0 Å². The van der Waals surface area contributed by atoms with Crippen molar-refractivity contribution in [3.05, 3.63) is 77.3 Å². The molecule has 2 aromatic heterocycles. The maximum atomic E-state index is 12.9. The molecule has 6 heteroatoms. The molecule has 0 radical (unpaired) electrons. The monoisotopic (exact) mass is 402 g/mol. The minimum atomic E-state index is 0.0305. The van der Waals surface area contributed by atoms with Gasteiger partial charge in [-0.25, -0.2) is 4.98 Å². The second-order valence-electron chi connectivity index (χ2n) is 7.36. The van der Waals surface area contributed by atoms with Crippen molar-refractivity contribution in [2.24, 2.45) is 0 Å². The number of aromatic nitrogens is 2. The predicted molar refractivity (Wildman–Crippen MR) is 117 cm³/mol. The van der Waals surface area contributed by atoms with E-state index < -0.39 is 0 Å². The Morgan fingerprint density at radius 3 is 2.55 bits per heavy atom. The normalized spacial score (nSPS) is 15.1. The molecule has 5 rings (SSSR count). The molecule has 1 aliphatic heterocycles. The van der Waals surface area contributed by atoms with E-state index in [9.17, 15) is 4.79 Å². The fourth-order valence-electron chi connectivity index (χ4n) is 3.80. The number of benzene rings is 2. The molecular weight excluding hydrogens is 380 g/mol. The number of piperazine rings is 1. The van der Waals surface area contributed by atoms with Crippen LogP contribution >= 0.6 is 11.3 Å². The molecule has 5 nitrogen and oxygen atoms in total. The summed E-state index contributed by atoms with van der Waals surface area (Å²) in [7, 11) is 0. The average Bonchev–Trinajstić information content (AvgIpc) is 3.42. The minimum Gasteiger partial charge on any atom is -0.353 e. The van der Waals surface area contributed by atoms with Crippen molar-refractivity contribution < 1.29 is 4.79 Å². The SMILES string of the molecule is O=C(c1csc(-c2cc3ccccc3[nH]2)n1)N1CCN(Cc2ccccc2)CC1. The molecule has 1 N–H and O–H groups in total. The van der Waals surface area contributed by atoms with Gasteiger partial charge in [0.25, 0.3) is 5.91 Å². The smallest absolute Gasteiger partial charge is 0.273 e. The van der Waals surface area contributed by atoms with E-state index in [1.54, 1.807) is 0 Å². The largest absolute Gasteiger partial charge is 0.353 e. The van der Waals surface area contributed by atoms with Crippen LogP contribution in [0, 0.1) is 0 Å². The van der Waals surface area contributed by atoms with Gasteiger partial charge in [0.05, 0.1) is 5.69 Å². The summed E-state index contributed by atoms with van der Waals surface area (Å²) < 4.78 is 0. The minimum absolute atomic E-state index is 0.0305. The zero-order chi connectivity index (χ0) is 19.6. The third-order valence-corrected chi connectivity index (χ3v) is 6.27. The number of fused-ring (bicyclic) bond motifs is 1. The lowest BCUT2D eigenvalue weighted by molar-refractivity contribution is 0.0623. The number of H-pyrrole nitrogens is 1. The second-order valence-corrected chi connectivity index (χ2v) is 8.22. The summed E-state index contributed by atoms with van der Waals surface area (Å²) in [6.07, 6.45) is 0. The number of nitrogens with zero attached hydrogens (tertiary/aromatic N) is 3. The van der Waals surface area contributed by atoms with Crippen LogP contribution in [0.15, 0.2) is 66.0 Å². The summed E-state index contributed by atoms with van der Waals surface area (Å²) >= 11 is 1.51.